The first-order chi connectivity index (χ1) is 7.94. The first-order valence-electron chi connectivity index (χ1n) is 5.37. The van der Waals surface area contributed by atoms with Gasteiger partial charge in [0.15, 0.2) is 0 Å². The third kappa shape index (κ3) is 2.98. The molecule has 1 aliphatic rings. The van der Waals surface area contributed by atoms with Crippen molar-refractivity contribution in [3.05, 3.63) is 11.6 Å². The molecule has 0 bridgehead atoms. The van der Waals surface area contributed by atoms with E-state index < -0.39 is 17.4 Å². The number of carbonyl (C=O) groups excluding carboxylic acids is 2. The summed E-state index contributed by atoms with van der Waals surface area (Å²) in [4.78, 5) is 25.1. The molecule has 3 N–H and O–H groups in total. The highest BCUT2D eigenvalue weighted by Crippen LogP contribution is 2.36. The molecule has 0 radical (unpaired) electrons. The number of esters is 1. The standard InChI is InChI=1S/C11H17ClN2O3/c1-11(10(16)17-2)5-3-7(4-6-11)8(14-12)9(13)15/h3,8,14H,4-6H2,1-2H3,(H2,13,15). The smallest absolute Gasteiger partial charge is 0.311 e. The Labute approximate surface area is 105 Å². The summed E-state index contributed by atoms with van der Waals surface area (Å²) in [7, 11) is 1.37. The van der Waals surface area contributed by atoms with Gasteiger partial charge in [-0.3, -0.25) is 9.59 Å². The summed E-state index contributed by atoms with van der Waals surface area (Å²) in [5, 5.41) is 0. The number of nitrogens with two attached hydrogens (primary N) is 1. The normalized spacial score (nSPS) is 25.9. The highest BCUT2D eigenvalue weighted by molar-refractivity contribution is 6.15. The summed E-state index contributed by atoms with van der Waals surface area (Å²) in [6.45, 7) is 1.85. The van der Waals surface area contributed by atoms with E-state index in [1.54, 1.807) is 0 Å². The Balaban J connectivity index is 2.79. The zero-order valence-electron chi connectivity index (χ0n) is 9.96. The number of hydrogen-bond donors (Lipinski definition) is 2. The van der Waals surface area contributed by atoms with Crippen LogP contribution in [0.1, 0.15) is 26.2 Å². The molecule has 0 aromatic rings. The summed E-state index contributed by atoms with van der Waals surface area (Å²) < 4.78 is 4.76. The van der Waals surface area contributed by atoms with E-state index in [9.17, 15) is 9.59 Å². The third-order valence-electron chi connectivity index (χ3n) is 3.22. The number of hydrogen-bond acceptors (Lipinski definition) is 4. The molecule has 0 aliphatic heterocycles. The van der Waals surface area contributed by atoms with Crippen molar-refractivity contribution in [1.29, 1.82) is 0 Å². The lowest BCUT2D eigenvalue weighted by molar-refractivity contribution is -0.152. The van der Waals surface area contributed by atoms with Gasteiger partial charge in [0.1, 0.15) is 6.04 Å². The summed E-state index contributed by atoms with van der Waals surface area (Å²) in [6, 6.07) is -0.668. The fourth-order valence-corrected chi connectivity index (χ4v) is 2.23. The van der Waals surface area contributed by atoms with Crippen molar-refractivity contribution in [2.75, 3.05) is 7.11 Å². The number of allylic oxidation sites excluding steroid dienone is 1. The molecule has 96 valence electrons. The maximum Gasteiger partial charge on any atom is 0.311 e. The van der Waals surface area contributed by atoms with E-state index in [4.69, 9.17) is 22.2 Å². The van der Waals surface area contributed by atoms with Gasteiger partial charge in [-0.1, -0.05) is 6.08 Å². The summed E-state index contributed by atoms with van der Waals surface area (Å²) in [5.41, 5.74) is 5.52. The second-order valence-corrected chi connectivity index (χ2v) is 4.70. The van der Waals surface area contributed by atoms with Crippen LogP contribution in [-0.4, -0.2) is 25.0 Å². The molecule has 17 heavy (non-hydrogen) atoms. The molecule has 1 amide bonds. The minimum Gasteiger partial charge on any atom is -0.469 e. The second-order valence-electron chi connectivity index (χ2n) is 4.48. The maximum absolute atomic E-state index is 11.6. The van der Waals surface area contributed by atoms with Crippen LogP contribution in [0.4, 0.5) is 0 Å². The van der Waals surface area contributed by atoms with E-state index in [1.807, 2.05) is 13.0 Å². The van der Waals surface area contributed by atoms with Gasteiger partial charge in [0.25, 0.3) is 0 Å². The van der Waals surface area contributed by atoms with Gasteiger partial charge < -0.3 is 10.5 Å². The first kappa shape index (κ1) is 14.0. The first-order valence-corrected chi connectivity index (χ1v) is 5.75. The average molecular weight is 261 g/mol. The Kier molecular flexibility index (Phi) is 4.54. The van der Waals surface area contributed by atoms with Crippen molar-refractivity contribution in [2.24, 2.45) is 11.1 Å². The zero-order chi connectivity index (χ0) is 13.1. The summed E-state index contributed by atoms with van der Waals surface area (Å²) >= 11 is 5.47. The van der Waals surface area contributed by atoms with Crippen LogP contribution < -0.4 is 10.6 Å². The minimum absolute atomic E-state index is 0.234. The molecule has 0 heterocycles. The Hall–Kier alpha value is -1.07. The minimum atomic E-state index is -0.668. The fraction of sp³-hybridized carbons (Fsp3) is 0.636. The number of nitrogens with one attached hydrogen (secondary N) is 1. The lowest BCUT2D eigenvalue weighted by atomic mass is 9.75. The lowest BCUT2D eigenvalue weighted by Gasteiger charge is -2.31. The van der Waals surface area contributed by atoms with E-state index in [0.29, 0.717) is 19.3 Å². The van der Waals surface area contributed by atoms with Gasteiger partial charge in [0.05, 0.1) is 12.5 Å². The lowest BCUT2D eigenvalue weighted by Crippen LogP contribution is -2.40. The monoisotopic (exact) mass is 260 g/mol. The third-order valence-corrected chi connectivity index (χ3v) is 3.44. The van der Waals surface area contributed by atoms with E-state index in [1.165, 1.54) is 7.11 Å². The SMILES string of the molecule is COC(=O)C1(C)CC=C(C(NCl)C(N)=O)CC1. The molecule has 2 unspecified atom stereocenters. The van der Waals surface area contributed by atoms with Crippen molar-refractivity contribution >= 4 is 23.7 Å². The van der Waals surface area contributed by atoms with Crippen LogP contribution in [0.2, 0.25) is 0 Å². The molecule has 6 heteroatoms. The summed E-state index contributed by atoms with van der Waals surface area (Å²) in [6.07, 6.45) is 3.58. The largest absolute Gasteiger partial charge is 0.469 e. The maximum atomic E-state index is 11.6. The van der Waals surface area contributed by atoms with E-state index in [-0.39, 0.29) is 5.97 Å². The molecule has 0 saturated heterocycles. The number of amides is 1. The summed E-state index contributed by atoms with van der Waals surface area (Å²) in [5.74, 6) is -0.754. The fourth-order valence-electron chi connectivity index (χ4n) is 1.98. The van der Waals surface area contributed by atoms with Crippen molar-refractivity contribution in [2.45, 2.75) is 32.2 Å². The Morgan fingerprint density at radius 3 is 2.65 bits per heavy atom. The number of halogens is 1. The van der Waals surface area contributed by atoms with Gasteiger partial charge in [-0.2, -0.15) is 0 Å². The van der Waals surface area contributed by atoms with Crippen LogP contribution in [0.5, 0.6) is 0 Å². The predicted molar refractivity (Wildman–Crippen MR) is 64.0 cm³/mol. The van der Waals surface area contributed by atoms with Crippen LogP contribution in [-0.2, 0) is 14.3 Å². The van der Waals surface area contributed by atoms with Crippen LogP contribution in [0.15, 0.2) is 11.6 Å². The topological polar surface area (TPSA) is 81.4 Å². The quantitative estimate of drug-likeness (QED) is 0.447. The van der Waals surface area contributed by atoms with Crippen molar-refractivity contribution in [1.82, 2.24) is 4.84 Å². The van der Waals surface area contributed by atoms with Gasteiger partial charge in [-0.25, -0.2) is 4.84 Å². The van der Waals surface area contributed by atoms with Crippen LogP contribution in [0.25, 0.3) is 0 Å². The molecular weight excluding hydrogens is 244 g/mol. The molecule has 1 rings (SSSR count). The zero-order valence-corrected chi connectivity index (χ0v) is 10.7. The number of carbonyl (C=O) groups is 2. The van der Waals surface area contributed by atoms with E-state index in [0.717, 1.165) is 5.57 Å². The Morgan fingerprint density at radius 2 is 2.29 bits per heavy atom. The highest BCUT2D eigenvalue weighted by atomic mass is 35.5. The van der Waals surface area contributed by atoms with Crippen LogP contribution in [0, 0.1) is 5.41 Å². The second kappa shape index (κ2) is 5.51. The van der Waals surface area contributed by atoms with Crippen molar-refractivity contribution in [3.63, 3.8) is 0 Å². The van der Waals surface area contributed by atoms with E-state index in [2.05, 4.69) is 4.84 Å². The Morgan fingerprint density at radius 1 is 1.65 bits per heavy atom. The predicted octanol–water partition coefficient (Wildman–Crippen LogP) is 0.873. The van der Waals surface area contributed by atoms with Gasteiger partial charge in [-0.05, 0) is 43.5 Å². The number of primary amides is 1. The molecular formula is C11H17ClN2O3. The van der Waals surface area contributed by atoms with Crippen molar-refractivity contribution < 1.29 is 14.3 Å². The van der Waals surface area contributed by atoms with Crippen LogP contribution in [0.3, 0.4) is 0 Å². The molecule has 2 atom stereocenters. The molecule has 1 aliphatic carbocycles. The van der Waals surface area contributed by atoms with Gasteiger partial charge in [0, 0.05) is 0 Å². The van der Waals surface area contributed by atoms with Crippen molar-refractivity contribution in [3.8, 4) is 0 Å². The number of ether oxygens (including phenoxy) is 1. The van der Waals surface area contributed by atoms with Gasteiger partial charge in [-0.15, -0.1) is 0 Å². The van der Waals surface area contributed by atoms with Crippen LogP contribution >= 0.6 is 11.8 Å². The average Bonchev–Trinajstić information content (AvgIpc) is 2.31. The number of methoxy groups -OCH3 is 1. The van der Waals surface area contributed by atoms with Gasteiger partial charge in [0.2, 0.25) is 5.91 Å². The molecule has 0 aromatic carbocycles. The molecule has 0 saturated carbocycles. The molecule has 0 aromatic heterocycles. The number of rotatable bonds is 4. The molecule has 5 nitrogen and oxygen atoms in total. The van der Waals surface area contributed by atoms with Gasteiger partial charge >= 0.3 is 5.97 Å². The molecule has 0 spiro atoms. The Bertz CT molecular complexity index is 357. The van der Waals surface area contributed by atoms with E-state index >= 15 is 0 Å². The molecule has 0 fully saturated rings. The highest BCUT2D eigenvalue weighted by Gasteiger charge is 2.37.